The van der Waals surface area contributed by atoms with Gasteiger partial charge in [-0.15, -0.1) is 11.3 Å². The number of benzene rings is 1. The Morgan fingerprint density at radius 1 is 1.28 bits per heavy atom. The number of fused-ring (bicyclic) bond motifs is 1. The molecule has 0 aliphatic heterocycles. The topological polar surface area (TPSA) is 56.3 Å². The number of methoxy groups -OCH3 is 1. The Kier molecular flexibility index (Phi) is 5.33. The van der Waals surface area contributed by atoms with E-state index in [2.05, 4.69) is 15.3 Å². The van der Waals surface area contributed by atoms with Crippen LogP contribution in [0.3, 0.4) is 0 Å². The fourth-order valence-corrected chi connectivity index (χ4v) is 3.94. The Balaban J connectivity index is 1.77. The van der Waals surface area contributed by atoms with Crippen molar-refractivity contribution in [2.75, 3.05) is 25.6 Å². The first kappa shape index (κ1) is 17.4. The molecule has 0 aliphatic carbocycles. The van der Waals surface area contributed by atoms with E-state index in [9.17, 15) is 4.39 Å². The van der Waals surface area contributed by atoms with Crippen LogP contribution in [0.4, 0.5) is 10.2 Å². The van der Waals surface area contributed by atoms with Crippen molar-refractivity contribution in [2.24, 2.45) is 0 Å². The zero-order chi connectivity index (χ0) is 17.8. The SMILES string of the molecule is CCOc1nccc(NCCc2c(C)sc3c(OC)ccc(F)c23)n1. The molecule has 0 radical (unpaired) electrons. The number of nitrogens with zero attached hydrogens (tertiary/aromatic N) is 2. The molecule has 1 aromatic carbocycles. The fraction of sp³-hybridized carbons (Fsp3) is 0.333. The van der Waals surface area contributed by atoms with Crippen molar-refractivity contribution < 1.29 is 13.9 Å². The van der Waals surface area contributed by atoms with E-state index in [0.717, 1.165) is 15.1 Å². The van der Waals surface area contributed by atoms with Crippen LogP contribution in [0.1, 0.15) is 17.4 Å². The summed E-state index contributed by atoms with van der Waals surface area (Å²) in [5.41, 5.74) is 1.00. The number of nitrogens with one attached hydrogen (secondary N) is 1. The molecule has 2 aromatic heterocycles. The largest absolute Gasteiger partial charge is 0.495 e. The number of hydrogen-bond acceptors (Lipinski definition) is 6. The van der Waals surface area contributed by atoms with Gasteiger partial charge in [-0.05, 0) is 44.0 Å². The average Bonchev–Trinajstić information content (AvgIpc) is 2.93. The second-order valence-corrected chi connectivity index (χ2v) is 6.65. The van der Waals surface area contributed by atoms with Gasteiger partial charge >= 0.3 is 6.01 Å². The molecule has 3 rings (SSSR count). The third-order valence-corrected chi connectivity index (χ3v) is 5.02. The summed E-state index contributed by atoms with van der Waals surface area (Å²) in [5, 5.41) is 3.90. The van der Waals surface area contributed by atoms with Crippen molar-refractivity contribution in [1.29, 1.82) is 0 Å². The van der Waals surface area contributed by atoms with E-state index in [0.29, 0.717) is 42.5 Å². The standard InChI is InChI=1S/C18H20FN3O2S/c1-4-24-18-21-10-8-15(22-18)20-9-7-12-11(2)25-17-14(23-3)6-5-13(19)16(12)17/h5-6,8,10H,4,7,9H2,1-3H3,(H,20,21,22). The Morgan fingerprint density at radius 3 is 2.88 bits per heavy atom. The van der Waals surface area contributed by atoms with Crippen molar-refractivity contribution in [3.05, 3.63) is 40.7 Å². The average molecular weight is 361 g/mol. The van der Waals surface area contributed by atoms with Gasteiger partial charge < -0.3 is 14.8 Å². The monoisotopic (exact) mass is 361 g/mol. The van der Waals surface area contributed by atoms with Gasteiger partial charge in [-0.3, -0.25) is 0 Å². The Labute approximate surface area is 149 Å². The fourth-order valence-electron chi connectivity index (χ4n) is 2.73. The summed E-state index contributed by atoms with van der Waals surface area (Å²) in [6, 6.07) is 5.26. The maximum atomic E-state index is 14.4. The number of halogens is 1. The molecule has 0 saturated carbocycles. The van der Waals surface area contributed by atoms with Crippen LogP contribution in [0.5, 0.6) is 11.8 Å². The van der Waals surface area contributed by atoms with Crippen LogP contribution in [-0.2, 0) is 6.42 Å². The Morgan fingerprint density at radius 2 is 2.12 bits per heavy atom. The molecule has 2 heterocycles. The van der Waals surface area contributed by atoms with Gasteiger partial charge in [0.2, 0.25) is 0 Å². The van der Waals surface area contributed by atoms with Crippen LogP contribution >= 0.6 is 11.3 Å². The minimum Gasteiger partial charge on any atom is -0.495 e. The van der Waals surface area contributed by atoms with E-state index in [-0.39, 0.29) is 5.82 Å². The number of ether oxygens (including phenoxy) is 2. The highest BCUT2D eigenvalue weighted by Crippen LogP contribution is 2.38. The van der Waals surface area contributed by atoms with Gasteiger partial charge in [-0.2, -0.15) is 4.98 Å². The first-order chi connectivity index (χ1) is 12.1. The quantitative estimate of drug-likeness (QED) is 0.683. The molecule has 1 N–H and O–H groups in total. The minimum atomic E-state index is -0.212. The van der Waals surface area contributed by atoms with Gasteiger partial charge in [-0.1, -0.05) is 0 Å². The van der Waals surface area contributed by atoms with Crippen LogP contribution < -0.4 is 14.8 Å². The van der Waals surface area contributed by atoms with Crippen LogP contribution in [0.2, 0.25) is 0 Å². The van der Waals surface area contributed by atoms with E-state index in [1.807, 2.05) is 13.8 Å². The van der Waals surface area contributed by atoms with Gasteiger partial charge in [0, 0.05) is 23.0 Å². The van der Waals surface area contributed by atoms with Crippen molar-refractivity contribution in [1.82, 2.24) is 9.97 Å². The molecule has 0 spiro atoms. The summed E-state index contributed by atoms with van der Waals surface area (Å²) in [5.74, 6) is 1.19. The molecule has 0 aliphatic rings. The molecule has 5 nitrogen and oxygen atoms in total. The molecule has 7 heteroatoms. The van der Waals surface area contributed by atoms with Crippen LogP contribution in [-0.4, -0.2) is 30.2 Å². The van der Waals surface area contributed by atoms with E-state index in [4.69, 9.17) is 9.47 Å². The molecular weight excluding hydrogens is 341 g/mol. The molecule has 0 saturated heterocycles. The summed E-state index contributed by atoms with van der Waals surface area (Å²) in [4.78, 5) is 9.41. The maximum Gasteiger partial charge on any atom is 0.318 e. The number of aryl methyl sites for hydroxylation is 1. The summed E-state index contributed by atoms with van der Waals surface area (Å²) < 4.78 is 25.9. The molecule has 3 aromatic rings. The lowest BCUT2D eigenvalue weighted by Crippen LogP contribution is -2.08. The molecule has 0 fully saturated rings. The van der Waals surface area contributed by atoms with E-state index >= 15 is 0 Å². The van der Waals surface area contributed by atoms with E-state index in [1.54, 1.807) is 36.8 Å². The summed E-state index contributed by atoms with van der Waals surface area (Å²) in [7, 11) is 1.61. The minimum absolute atomic E-state index is 0.212. The summed E-state index contributed by atoms with van der Waals surface area (Å²) >= 11 is 1.56. The maximum absolute atomic E-state index is 14.4. The summed E-state index contributed by atoms with van der Waals surface area (Å²) in [6.45, 7) is 5.05. The van der Waals surface area contributed by atoms with Crippen LogP contribution in [0.25, 0.3) is 10.1 Å². The predicted molar refractivity (Wildman–Crippen MR) is 98.5 cm³/mol. The highest BCUT2D eigenvalue weighted by Gasteiger charge is 2.16. The Hall–Kier alpha value is -2.41. The van der Waals surface area contributed by atoms with Crippen LogP contribution in [0.15, 0.2) is 24.4 Å². The molecule has 0 unspecified atom stereocenters. The normalized spacial score (nSPS) is 10.9. The second kappa shape index (κ2) is 7.65. The molecule has 25 heavy (non-hydrogen) atoms. The lowest BCUT2D eigenvalue weighted by atomic mass is 10.1. The zero-order valence-corrected chi connectivity index (χ0v) is 15.2. The third kappa shape index (κ3) is 3.66. The number of aromatic nitrogens is 2. The highest BCUT2D eigenvalue weighted by molar-refractivity contribution is 7.19. The summed E-state index contributed by atoms with van der Waals surface area (Å²) in [6.07, 6.45) is 2.33. The number of anilines is 1. The molecule has 0 atom stereocenters. The van der Waals surface area contributed by atoms with Gasteiger partial charge in [-0.25, -0.2) is 9.37 Å². The highest BCUT2D eigenvalue weighted by atomic mass is 32.1. The van der Waals surface area contributed by atoms with Crippen molar-refractivity contribution >= 4 is 27.2 Å². The lowest BCUT2D eigenvalue weighted by molar-refractivity contribution is 0.313. The number of rotatable bonds is 7. The molecule has 132 valence electrons. The molecule has 0 amide bonds. The van der Waals surface area contributed by atoms with Gasteiger partial charge in [0.15, 0.2) is 0 Å². The van der Waals surface area contributed by atoms with Crippen molar-refractivity contribution in [2.45, 2.75) is 20.3 Å². The second-order valence-electron chi connectivity index (χ2n) is 5.42. The van der Waals surface area contributed by atoms with Crippen LogP contribution in [0, 0.1) is 12.7 Å². The Bertz CT molecular complexity index is 882. The van der Waals surface area contributed by atoms with Gasteiger partial charge in [0.05, 0.1) is 18.4 Å². The van der Waals surface area contributed by atoms with Gasteiger partial charge in [0.25, 0.3) is 0 Å². The van der Waals surface area contributed by atoms with E-state index in [1.165, 1.54) is 6.07 Å². The third-order valence-electron chi connectivity index (χ3n) is 3.86. The molecular formula is C18H20FN3O2S. The number of thiophene rings is 1. The molecule has 0 bridgehead atoms. The zero-order valence-electron chi connectivity index (χ0n) is 14.4. The van der Waals surface area contributed by atoms with Crippen molar-refractivity contribution in [3.63, 3.8) is 0 Å². The first-order valence-electron chi connectivity index (χ1n) is 8.08. The van der Waals surface area contributed by atoms with E-state index < -0.39 is 0 Å². The lowest BCUT2D eigenvalue weighted by Gasteiger charge is -2.08. The van der Waals surface area contributed by atoms with Crippen molar-refractivity contribution in [3.8, 4) is 11.8 Å². The predicted octanol–water partition coefficient (Wildman–Crippen LogP) is 4.20. The smallest absolute Gasteiger partial charge is 0.318 e. The van der Waals surface area contributed by atoms with Gasteiger partial charge in [0.1, 0.15) is 17.4 Å². The number of hydrogen-bond donors (Lipinski definition) is 1. The first-order valence-corrected chi connectivity index (χ1v) is 8.89.